The predicted octanol–water partition coefficient (Wildman–Crippen LogP) is 2.89. The number of nitrogens with zero attached hydrogens (tertiary/aromatic N) is 4. The van der Waals surface area contributed by atoms with Crippen molar-refractivity contribution < 1.29 is 14.3 Å². The van der Waals surface area contributed by atoms with E-state index >= 15 is 0 Å². The first-order valence-corrected chi connectivity index (χ1v) is 8.91. The van der Waals surface area contributed by atoms with Crippen LogP contribution < -0.4 is 19.7 Å². The zero-order valence-electron chi connectivity index (χ0n) is 15.5. The number of hydrogen-bond acceptors (Lipinski definition) is 6. The third kappa shape index (κ3) is 4.71. The number of anilines is 2. The number of rotatable bonds is 5. The number of ether oxygens (including phenoxy) is 2. The van der Waals surface area contributed by atoms with Crippen LogP contribution in [0.15, 0.2) is 30.3 Å². The molecule has 144 valence electrons. The number of likely N-dealkylation sites (tertiary alicyclic amines) is 1. The van der Waals surface area contributed by atoms with Gasteiger partial charge in [0.25, 0.3) is 0 Å². The van der Waals surface area contributed by atoms with Gasteiger partial charge in [-0.3, -0.25) is 0 Å². The Labute approximate surface area is 163 Å². The lowest BCUT2D eigenvalue weighted by molar-refractivity contribution is 0.188. The minimum Gasteiger partial charge on any atom is -0.495 e. The molecule has 2 aromatic rings. The van der Waals surface area contributed by atoms with E-state index in [2.05, 4.69) is 15.5 Å². The van der Waals surface area contributed by atoms with Crippen molar-refractivity contribution in [3.63, 3.8) is 0 Å². The second-order valence-electron chi connectivity index (χ2n) is 6.37. The summed E-state index contributed by atoms with van der Waals surface area (Å²) in [6.07, 6.45) is 0.591. The number of halogens is 1. The smallest absolute Gasteiger partial charge is 0.322 e. The van der Waals surface area contributed by atoms with E-state index in [0.29, 0.717) is 35.4 Å². The average Bonchev–Trinajstić information content (AvgIpc) is 3.11. The van der Waals surface area contributed by atoms with Gasteiger partial charge in [-0.1, -0.05) is 11.6 Å². The fourth-order valence-corrected chi connectivity index (χ4v) is 2.94. The Morgan fingerprint density at radius 3 is 2.78 bits per heavy atom. The van der Waals surface area contributed by atoms with E-state index in [1.807, 2.05) is 25.1 Å². The molecule has 1 aliphatic rings. The van der Waals surface area contributed by atoms with Gasteiger partial charge in [0.15, 0.2) is 5.82 Å². The summed E-state index contributed by atoms with van der Waals surface area (Å²) in [7, 11) is 5.33. The number of nitrogens with one attached hydrogen (secondary N) is 1. The van der Waals surface area contributed by atoms with Gasteiger partial charge in [-0.15, -0.1) is 10.2 Å². The van der Waals surface area contributed by atoms with E-state index < -0.39 is 0 Å². The highest BCUT2D eigenvalue weighted by molar-refractivity contribution is 6.31. The van der Waals surface area contributed by atoms with Gasteiger partial charge in [-0.25, -0.2) is 4.79 Å². The molecule has 3 rings (SSSR count). The van der Waals surface area contributed by atoms with Crippen LogP contribution in [-0.4, -0.2) is 61.5 Å². The number of methoxy groups -OCH3 is 1. The molecule has 0 aliphatic carbocycles. The fraction of sp³-hybridized carbons (Fsp3) is 0.389. The SMILES string of the molecule is COc1ccc(Cl)cc1NC(=O)N1CCC(Oc2ccc(N(C)C)nn2)C1. The van der Waals surface area contributed by atoms with Crippen LogP contribution in [0.2, 0.25) is 5.02 Å². The molecular formula is C18H22ClN5O3. The zero-order chi connectivity index (χ0) is 19.4. The lowest BCUT2D eigenvalue weighted by Crippen LogP contribution is -2.34. The van der Waals surface area contributed by atoms with Crippen molar-refractivity contribution in [3.05, 3.63) is 35.4 Å². The predicted molar refractivity (Wildman–Crippen MR) is 104 cm³/mol. The molecule has 9 heteroatoms. The first kappa shape index (κ1) is 19.0. The number of aromatic nitrogens is 2. The van der Waals surface area contributed by atoms with Crippen LogP contribution in [0.1, 0.15) is 6.42 Å². The monoisotopic (exact) mass is 391 g/mol. The lowest BCUT2D eigenvalue weighted by atomic mass is 10.3. The molecule has 0 radical (unpaired) electrons. The Balaban J connectivity index is 1.57. The molecule has 1 N–H and O–H groups in total. The standard InChI is InChI=1S/C18H22ClN5O3/c1-23(2)16-6-7-17(22-21-16)27-13-8-9-24(11-13)18(25)20-14-10-12(19)4-5-15(14)26-3/h4-7,10,13H,8-9,11H2,1-3H3,(H,20,25). The zero-order valence-corrected chi connectivity index (χ0v) is 16.2. The average molecular weight is 392 g/mol. The highest BCUT2D eigenvalue weighted by atomic mass is 35.5. The first-order chi connectivity index (χ1) is 13.0. The summed E-state index contributed by atoms with van der Waals surface area (Å²) in [5.41, 5.74) is 0.532. The summed E-state index contributed by atoms with van der Waals surface area (Å²) in [6, 6.07) is 8.47. The molecule has 1 aromatic carbocycles. The minimum atomic E-state index is -0.226. The second-order valence-corrected chi connectivity index (χ2v) is 6.81. The van der Waals surface area contributed by atoms with E-state index in [-0.39, 0.29) is 12.1 Å². The summed E-state index contributed by atoms with van der Waals surface area (Å²) < 4.78 is 11.1. The maximum Gasteiger partial charge on any atom is 0.322 e. The van der Waals surface area contributed by atoms with Crippen molar-refractivity contribution in [1.82, 2.24) is 15.1 Å². The van der Waals surface area contributed by atoms with Gasteiger partial charge in [0.1, 0.15) is 11.9 Å². The summed E-state index contributed by atoms with van der Waals surface area (Å²) in [5, 5.41) is 11.5. The van der Waals surface area contributed by atoms with Crippen LogP contribution in [0.5, 0.6) is 11.6 Å². The largest absolute Gasteiger partial charge is 0.495 e. The van der Waals surface area contributed by atoms with E-state index in [1.54, 1.807) is 36.3 Å². The van der Waals surface area contributed by atoms with Crippen LogP contribution in [0.4, 0.5) is 16.3 Å². The van der Waals surface area contributed by atoms with Crippen molar-refractivity contribution in [2.45, 2.75) is 12.5 Å². The third-order valence-electron chi connectivity index (χ3n) is 4.21. The molecule has 0 bridgehead atoms. The maximum atomic E-state index is 12.5. The summed E-state index contributed by atoms with van der Waals surface area (Å²) in [6.45, 7) is 1.05. The number of carbonyl (C=O) groups excluding carboxylic acids is 1. The van der Waals surface area contributed by atoms with Gasteiger partial charge in [0.05, 0.1) is 19.3 Å². The number of amides is 2. The summed E-state index contributed by atoms with van der Waals surface area (Å²) >= 11 is 6.00. The number of urea groups is 1. The molecule has 1 fully saturated rings. The van der Waals surface area contributed by atoms with Crippen LogP contribution in [-0.2, 0) is 0 Å². The lowest BCUT2D eigenvalue weighted by Gasteiger charge is -2.19. The van der Waals surface area contributed by atoms with Crippen LogP contribution in [0, 0.1) is 0 Å². The molecule has 0 spiro atoms. The van der Waals surface area contributed by atoms with Gasteiger partial charge in [0, 0.05) is 38.1 Å². The van der Waals surface area contributed by atoms with Crippen molar-refractivity contribution in [2.75, 3.05) is 44.5 Å². The molecule has 27 heavy (non-hydrogen) atoms. The van der Waals surface area contributed by atoms with Crippen LogP contribution in [0.25, 0.3) is 0 Å². The summed E-state index contributed by atoms with van der Waals surface area (Å²) in [5.74, 6) is 1.76. The molecule has 1 saturated heterocycles. The molecule has 2 amide bonds. The van der Waals surface area contributed by atoms with Crippen molar-refractivity contribution >= 4 is 29.1 Å². The molecule has 1 unspecified atom stereocenters. The van der Waals surface area contributed by atoms with Crippen molar-refractivity contribution in [1.29, 1.82) is 0 Å². The number of benzene rings is 1. The quantitative estimate of drug-likeness (QED) is 0.844. The van der Waals surface area contributed by atoms with Gasteiger partial charge < -0.3 is 24.6 Å². The highest BCUT2D eigenvalue weighted by Crippen LogP contribution is 2.28. The van der Waals surface area contributed by atoms with Crippen molar-refractivity contribution in [3.8, 4) is 11.6 Å². The Morgan fingerprint density at radius 2 is 2.11 bits per heavy atom. The van der Waals surface area contributed by atoms with E-state index in [4.69, 9.17) is 21.1 Å². The molecule has 1 aromatic heterocycles. The molecule has 8 nitrogen and oxygen atoms in total. The molecule has 0 saturated carbocycles. The van der Waals surface area contributed by atoms with Gasteiger partial charge in [0.2, 0.25) is 5.88 Å². The van der Waals surface area contributed by atoms with Crippen LogP contribution in [0.3, 0.4) is 0 Å². The number of hydrogen-bond donors (Lipinski definition) is 1. The topological polar surface area (TPSA) is 79.8 Å². The summed E-state index contributed by atoms with van der Waals surface area (Å²) in [4.78, 5) is 16.1. The van der Waals surface area contributed by atoms with E-state index in [1.165, 1.54) is 0 Å². The van der Waals surface area contributed by atoms with E-state index in [0.717, 1.165) is 12.2 Å². The van der Waals surface area contributed by atoms with Crippen molar-refractivity contribution in [2.24, 2.45) is 0 Å². The molecule has 2 heterocycles. The van der Waals surface area contributed by atoms with Gasteiger partial charge >= 0.3 is 6.03 Å². The molecule has 1 atom stereocenters. The first-order valence-electron chi connectivity index (χ1n) is 8.53. The van der Waals surface area contributed by atoms with Gasteiger partial charge in [-0.2, -0.15) is 0 Å². The minimum absolute atomic E-state index is 0.128. The number of carbonyl (C=O) groups is 1. The Morgan fingerprint density at radius 1 is 1.30 bits per heavy atom. The molecule has 1 aliphatic heterocycles. The van der Waals surface area contributed by atoms with Gasteiger partial charge in [-0.05, 0) is 24.3 Å². The normalized spacial score (nSPS) is 16.1. The Bertz CT molecular complexity index is 800. The van der Waals surface area contributed by atoms with E-state index in [9.17, 15) is 4.79 Å². The third-order valence-corrected chi connectivity index (χ3v) is 4.44. The van der Waals surface area contributed by atoms with Crippen LogP contribution >= 0.6 is 11.6 Å². The fourth-order valence-electron chi connectivity index (χ4n) is 2.77. The molecular weight excluding hydrogens is 370 g/mol. The highest BCUT2D eigenvalue weighted by Gasteiger charge is 2.28. The Kier molecular flexibility index (Phi) is 5.85. The Hall–Kier alpha value is -2.74. The second kappa shape index (κ2) is 8.30. The maximum absolute atomic E-state index is 12.5.